The molecule has 0 bridgehead atoms. The molecule has 2 aliphatic rings. The lowest BCUT2D eigenvalue weighted by Gasteiger charge is -2.45. The molecule has 1 N–H and O–H groups in total. The molecule has 4 rings (SSSR count). The summed E-state index contributed by atoms with van der Waals surface area (Å²) in [5.41, 5.74) is 4.65. The first-order chi connectivity index (χ1) is 18.8. The molecule has 0 amide bonds. The van der Waals surface area contributed by atoms with Crippen molar-refractivity contribution >= 4 is 13.9 Å². The molecule has 0 aromatic carbocycles. The highest BCUT2D eigenvalue weighted by molar-refractivity contribution is 6.74. The van der Waals surface area contributed by atoms with E-state index in [1.807, 2.05) is 13.8 Å². The number of alkyl halides is 3. The second kappa shape index (κ2) is 11.2. The van der Waals surface area contributed by atoms with Crippen molar-refractivity contribution in [3.05, 3.63) is 63.7 Å². The number of aliphatic hydroxyl groups is 1. The Labute approximate surface area is 243 Å². The van der Waals surface area contributed by atoms with E-state index in [0.717, 1.165) is 53.2 Å². The number of ether oxygens (including phenoxy) is 1. The van der Waals surface area contributed by atoms with Crippen LogP contribution in [0.4, 0.5) is 13.2 Å². The number of nitrogens with zero attached hydrogens (tertiary/aromatic N) is 2. The molecule has 0 fully saturated rings. The van der Waals surface area contributed by atoms with Gasteiger partial charge >= 0.3 is 6.18 Å². The van der Waals surface area contributed by atoms with Gasteiger partial charge in [-0.25, -0.2) is 0 Å². The molecule has 3 heterocycles. The van der Waals surface area contributed by atoms with Crippen LogP contribution in [-0.2, 0) is 21.8 Å². The fourth-order valence-electron chi connectivity index (χ4n) is 5.65. The van der Waals surface area contributed by atoms with Gasteiger partial charge in [-0.1, -0.05) is 60.6 Å². The molecule has 9 heteroatoms. The maximum Gasteiger partial charge on any atom is 0.433 e. The van der Waals surface area contributed by atoms with E-state index in [1.165, 1.54) is 6.07 Å². The molecule has 1 aliphatic heterocycles. The Bertz CT molecular complexity index is 1300. The molecule has 41 heavy (non-hydrogen) atoms. The molecule has 2 atom stereocenters. The van der Waals surface area contributed by atoms with Crippen LogP contribution in [0.5, 0.6) is 0 Å². The van der Waals surface area contributed by atoms with Gasteiger partial charge in [0.1, 0.15) is 11.8 Å². The Morgan fingerprint density at radius 3 is 2.34 bits per heavy atom. The third-order valence-electron chi connectivity index (χ3n) is 8.83. The zero-order valence-corrected chi connectivity index (χ0v) is 26.9. The second-order valence-electron chi connectivity index (χ2n) is 14.1. The first-order valence-corrected chi connectivity index (χ1v) is 17.5. The molecule has 0 spiro atoms. The van der Waals surface area contributed by atoms with Crippen LogP contribution in [0.1, 0.15) is 119 Å². The molecule has 2 aromatic heterocycles. The summed E-state index contributed by atoms with van der Waals surface area (Å²) >= 11 is 0. The predicted molar refractivity (Wildman–Crippen MR) is 158 cm³/mol. The van der Waals surface area contributed by atoms with Crippen LogP contribution in [-0.4, -0.2) is 36.6 Å². The van der Waals surface area contributed by atoms with E-state index < -0.39 is 26.3 Å². The van der Waals surface area contributed by atoms with E-state index in [0.29, 0.717) is 30.8 Å². The van der Waals surface area contributed by atoms with Gasteiger partial charge in [0.05, 0.1) is 19.3 Å². The fraction of sp³-hybridized carbons (Fsp3) is 0.625. The monoisotopic (exact) mass is 590 g/mol. The summed E-state index contributed by atoms with van der Waals surface area (Å²) in [5, 5.41) is 11.9. The Balaban J connectivity index is 2.01. The molecule has 1 unspecified atom stereocenters. The Morgan fingerprint density at radius 2 is 1.83 bits per heavy atom. The van der Waals surface area contributed by atoms with E-state index in [-0.39, 0.29) is 22.5 Å². The Morgan fingerprint density at radius 1 is 1.15 bits per heavy atom. The van der Waals surface area contributed by atoms with Gasteiger partial charge < -0.3 is 14.3 Å². The summed E-state index contributed by atoms with van der Waals surface area (Å²) in [7, 11) is -2.21. The van der Waals surface area contributed by atoms with Crippen LogP contribution in [0, 0.1) is 5.41 Å². The lowest BCUT2D eigenvalue weighted by Crippen LogP contribution is -2.44. The highest BCUT2D eigenvalue weighted by Gasteiger charge is 2.45. The first-order valence-electron chi connectivity index (χ1n) is 14.5. The molecule has 0 saturated carbocycles. The van der Waals surface area contributed by atoms with Crippen molar-refractivity contribution in [2.75, 3.05) is 13.2 Å². The van der Waals surface area contributed by atoms with Crippen molar-refractivity contribution in [3.63, 3.8) is 0 Å². The topological polar surface area (TPSA) is 64.5 Å². The van der Waals surface area contributed by atoms with Crippen LogP contribution >= 0.6 is 0 Å². The maximum atomic E-state index is 13.3. The van der Waals surface area contributed by atoms with Crippen LogP contribution in [0.2, 0.25) is 18.1 Å². The van der Waals surface area contributed by atoms with E-state index in [2.05, 4.69) is 58.8 Å². The predicted octanol–water partition coefficient (Wildman–Crippen LogP) is 8.54. The number of fused-ring (bicyclic) bond motifs is 1. The first kappa shape index (κ1) is 31.9. The second-order valence-corrected chi connectivity index (χ2v) is 18.9. The van der Waals surface area contributed by atoms with Crippen molar-refractivity contribution in [2.24, 2.45) is 5.41 Å². The Kier molecular flexibility index (Phi) is 8.71. The zero-order valence-electron chi connectivity index (χ0n) is 25.9. The van der Waals surface area contributed by atoms with Crippen molar-refractivity contribution in [2.45, 2.75) is 110 Å². The van der Waals surface area contributed by atoms with Gasteiger partial charge in [0, 0.05) is 34.3 Å². The van der Waals surface area contributed by atoms with Crippen LogP contribution in [0.25, 0.3) is 5.57 Å². The number of hydrogen-bond donors (Lipinski definition) is 1. The summed E-state index contributed by atoms with van der Waals surface area (Å²) in [6.45, 7) is 20.8. The average molecular weight is 591 g/mol. The molecular weight excluding hydrogens is 545 g/mol. The molecule has 0 radical (unpaired) electrons. The van der Waals surface area contributed by atoms with Crippen molar-refractivity contribution in [3.8, 4) is 0 Å². The summed E-state index contributed by atoms with van der Waals surface area (Å²) in [5.74, 6) is -0.0312. The summed E-state index contributed by atoms with van der Waals surface area (Å²) in [6, 6.07) is 2.25. The quantitative estimate of drug-likeness (QED) is 0.342. The van der Waals surface area contributed by atoms with Gasteiger partial charge in [-0.15, -0.1) is 0 Å². The minimum atomic E-state index is -4.56. The number of aromatic nitrogens is 2. The van der Waals surface area contributed by atoms with Gasteiger partial charge in [0.25, 0.3) is 0 Å². The highest BCUT2D eigenvalue weighted by Crippen LogP contribution is 2.51. The van der Waals surface area contributed by atoms with Crippen molar-refractivity contribution < 1.29 is 27.4 Å². The van der Waals surface area contributed by atoms with E-state index in [1.54, 1.807) is 0 Å². The number of aliphatic hydroxyl groups excluding tert-OH is 1. The number of rotatable bonds is 6. The van der Waals surface area contributed by atoms with Crippen LogP contribution in [0.3, 0.4) is 0 Å². The van der Waals surface area contributed by atoms with Gasteiger partial charge in [-0.05, 0) is 65.9 Å². The Hall–Kier alpha value is -2.07. The van der Waals surface area contributed by atoms with Gasteiger partial charge in [-0.3, -0.25) is 9.97 Å². The van der Waals surface area contributed by atoms with Gasteiger partial charge in [-0.2, -0.15) is 13.2 Å². The van der Waals surface area contributed by atoms with Crippen LogP contribution < -0.4 is 0 Å². The smallest absolute Gasteiger partial charge is 0.410 e. The number of halogens is 3. The largest absolute Gasteiger partial charge is 0.433 e. The number of pyridine rings is 2. The molecule has 5 nitrogen and oxygen atoms in total. The zero-order chi connectivity index (χ0) is 30.5. The molecule has 0 saturated heterocycles. The van der Waals surface area contributed by atoms with E-state index >= 15 is 0 Å². The van der Waals surface area contributed by atoms with Crippen molar-refractivity contribution in [1.82, 2.24) is 9.97 Å². The maximum absolute atomic E-state index is 13.3. The molecular formula is C32H45F3N2O3Si. The summed E-state index contributed by atoms with van der Waals surface area (Å²) in [6.07, 6.45) is -0.549. The average Bonchev–Trinajstić information content (AvgIpc) is 2.85. The van der Waals surface area contributed by atoms with Gasteiger partial charge in [0.2, 0.25) is 0 Å². The minimum absolute atomic E-state index is 0.00753. The van der Waals surface area contributed by atoms with Crippen molar-refractivity contribution in [1.29, 1.82) is 0 Å². The molecule has 2 aromatic rings. The third kappa shape index (κ3) is 6.63. The summed E-state index contributed by atoms with van der Waals surface area (Å²) < 4.78 is 52.6. The lowest BCUT2D eigenvalue weighted by atomic mass is 9.71. The molecule has 1 aliphatic carbocycles. The van der Waals surface area contributed by atoms with Crippen LogP contribution in [0.15, 0.2) is 24.4 Å². The normalized spacial score (nSPS) is 20.5. The van der Waals surface area contributed by atoms with E-state index in [4.69, 9.17) is 14.1 Å². The van der Waals surface area contributed by atoms with Gasteiger partial charge in [0.15, 0.2) is 8.32 Å². The summed E-state index contributed by atoms with van der Waals surface area (Å²) in [4.78, 5) is 8.88. The molecule has 226 valence electrons. The minimum Gasteiger partial charge on any atom is -0.410 e. The highest BCUT2D eigenvalue weighted by atomic mass is 28.4. The lowest BCUT2D eigenvalue weighted by molar-refractivity contribution is -0.141. The van der Waals surface area contributed by atoms with E-state index in [9.17, 15) is 18.3 Å². The third-order valence-corrected chi connectivity index (χ3v) is 13.3. The number of hydrogen-bond acceptors (Lipinski definition) is 5. The SMILES string of the molecule is CC(C)c1nc2c(c(C3=CCOCC3)c1C(O)c1ccc(C(F)(F)F)nc1)[C@H](O[Si](C)(C)C(C)(C)C)CC(C)(C)C2. The standard InChI is InChI=1S/C32H45F3N2O3Si/c1-19(2)28-27(29(38)21-10-11-24(36-18-21)32(33,34)35)25(20-12-14-39-15-13-20)26-22(37-28)16-31(6,7)17-23(26)40-41(8,9)30(3,4)5/h10-12,18-19,23,29,38H,13-17H2,1-9H3/t23-,29?/m1/s1. The fourth-order valence-corrected chi connectivity index (χ4v) is 6.91.